The second-order valence-electron chi connectivity index (χ2n) is 12.9. The SMILES string of the molecule is O=C(NCCOCCOCCOCCOCCOCCOC(c1ccccc1)(c1ccccc1)c1ccccc1)OCC1c2ccccc2-c2ccccc21. The van der Waals surface area contributed by atoms with Crippen LogP contribution in [0.2, 0.25) is 0 Å². The zero-order chi connectivity index (χ0) is 37.8. The van der Waals surface area contributed by atoms with Gasteiger partial charge in [-0.05, 0) is 38.9 Å². The van der Waals surface area contributed by atoms with Crippen LogP contribution in [0.5, 0.6) is 0 Å². The van der Waals surface area contributed by atoms with E-state index in [1.165, 1.54) is 22.3 Å². The third kappa shape index (κ3) is 11.1. The summed E-state index contributed by atoms with van der Waals surface area (Å²) in [6.07, 6.45) is -0.450. The van der Waals surface area contributed by atoms with Gasteiger partial charge in [-0.1, -0.05) is 140 Å². The fourth-order valence-electron chi connectivity index (χ4n) is 6.88. The Kier molecular flexibility index (Phi) is 15.8. The smallest absolute Gasteiger partial charge is 0.407 e. The minimum atomic E-state index is -0.759. The second-order valence-corrected chi connectivity index (χ2v) is 12.9. The van der Waals surface area contributed by atoms with Gasteiger partial charge < -0.3 is 38.5 Å². The maximum atomic E-state index is 12.3. The fraction of sp³-hybridized carbons (Fsp3) is 0.326. The Balaban J connectivity index is 0.750. The highest BCUT2D eigenvalue weighted by Gasteiger charge is 2.37. The summed E-state index contributed by atoms with van der Waals surface area (Å²) in [5.41, 5.74) is 7.21. The summed E-state index contributed by atoms with van der Waals surface area (Å²) in [7, 11) is 0. The Hall–Kier alpha value is -4.87. The number of hydrogen-bond acceptors (Lipinski definition) is 8. The van der Waals surface area contributed by atoms with Gasteiger partial charge in [0, 0.05) is 12.5 Å². The molecule has 55 heavy (non-hydrogen) atoms. The molecular weight excluding hydrogens is 695 g/mol. The first-order valence-electron chi connectivity index (χ1n) is 19.1. The third-order valence-electron chi connectivity index (χ3n) is 9.43. The minimum Gasteiger partial charge on any atom is -0.449 e. The van der Waals surface area contributed by atoms with E-state index in [0.717, 1.165) is 16.7 Å². The summed E-state index contributed by atoms with van der Waals surface area (Å²) in [5.74, 6) is 0.0356. The quantitative estimate of drug-likeness (QED) is 0.0510. The molecule has 0 spiro atoms. The van der Waals surface area contributed by atoms with Crippen molar-refractivity contribution in [3.05, 3.63) is 167 Å². The number of benzene rings is 5. The molecule has 1 aliphatic carbocycles. The third-order valence-corrected chi connectivity index (χ3v) is 9.43. The number of rotatable bonds is 24. The topological polar surface area (TPSA) is 93.7 Å². The molecule has 0 saturated heterocycles. The number of hydrogen-bond donors (Lipinski definition) is 1. The van der Waals surface area contributed by atoms with Gasteiger partial charge in [-0.25, -0.2) is 4.79 Å². The van der Waals surface area contributed by atoms with E-state index in [1.807, 2.05) is 78.9 Å². The van der Waals surface area contributed by atoms with Gasteiger partial charge >= 0.3 is 6.09 Å². The molecule has 0 aliphatic heterocycles. The number of nitrogens with one attached hydrogen (secondary N) is 1. The van der Waals surface area contributed by atoms with Gasteiger partial charge in [0.05, 0.1) is 72.7 Å². The lowest BCUT2D eigenvalue weighted by atomic mass is 9.80. The van der Waals surface area contributed by atoms with E-state index in [4.69, 9.17) is 33.2 Å². The molecule has 0 radical (unpaired) electrons. The van der Waals surface area contributed by atoms with Gasteiger partial charge in [0.25, 0.3) is 0 Å². The van der Waals surface area contributed by atoms with E-state index in [-0.39, 0.29) is 12.5 Å². The van der Waals surface area contributed by atoms with Crippen LogP contribution >= 0.6 is 0 Å². The van der Waals surface area contributed by atoms with Crippen LogP contribution in [0.25, 0.3) is 11.1 Å². The number of carbonyl (C=O) groups is 1. The van der Waals surface area contributed by atoms with Crippen molar-refractivity contribution in [2.45, 2.75) is 11.5 Å². The summed E-state index contributed by atoms with van der Waals surface area (Å²) >= 11 is 0. The molecule has 9 heteroatoms. The Morgan fingerprint density at radius 1 is 0.455 bits per heavy atom. The van der Waals surface area contributed by atoms with Crippen LogP contribution < -0.4 is 5.32 Å². The number of carbonyl (C=O) groups excluding carboxylic acids is 1. The molecule has 5 aromatic carbocycles. The summed E-state index contributed by atoms with van der Waals surface area (Å²) < 4.78 is 40.6. The monoisotopic (exact) mass is 745 g/mol. The van der Waals surface area contributed by atoms with Gasteiger partial charge in [-0.15, -0.1) is 0 Å². The fourth-order valence-corrected chi connectivity index (χ4v) is 6.88. The predicted molar refractivity (Wildman–Crippen MR) is 212 cm³/mol. The average Bonchev–Trinajstić information content (AvgIpc) is 3.56. The van der Waals surface area contributed by atoms with Crippen molar-refractivity contribution in [3.63, 3.8) is 0 Å². The molecule has 1 amide bonds. The molecule has 0 saturated carbocycles. The van der Waals surface area contributed by atoms with Gasteiger partial charge in [0.15, 0.2) is 0 Å². The van der Waals surface area contributed by atoms with Crippen LogP contribution in [-0.2, 0) is 38.8 Å². The number of alkyl carbamates (subject to hydrolysis) is 1. The molecule has 0 aromatic heterocycles. The second kappa shape index (κ2) is 21.9. The first-order chi connectivity index (χ1) is 27.3. The molecule has 0 heterocycles. The van der Waals surface area contributed by atoms with Crippen LogP contribution in [-0.4, -0.2) is 91.9 Å². The lowest BCUT2D eigenvalue weighted by molar-refractivity contribution is -0.0391. The first-order valence-corrected chi connectivity index (χ1v) is 19.1. The minimum absolute atomic E-state index is 0.0356. The predicted octanol–water partition coefficient (Wildman–Crippen LogP) is 7.62. The largest absolute Gasteiger partial charge is 0.449 e. The van der Waals surface area contributed by atoms with Crippen molar-refractivity contribution in [2.24, 2.45) is 0 Å². The van der Waals surface area contributed by atoms with Gasteiger partial charge in [-0.2, -0.15) is 0 Å². The van der Waals surface area contributed by atoms with Crippen molar-refractivity contribution < 1.29 is 38.0 Å². The van der Waals surface area contributed by atoms with E-state index >= 15 is 0 Å². The average molecular weight is 746 g/mol. The maximum absolute atomic E-state index is 12.3. The van der Waals surface area contributed by atoms with Gasteiger partial charge in [-0.3, -0.25) is 0 Å². The summed E-state index contributed by atoms with van der Waals surface area (Å²) in [5, 5.41) is 2.76. The van der Waals surface area contributed by atoms with Crippen molar-refractivity contribution in [1.82, 2.24) is 5.32 Å². The van der Waals surface area contributed by atoms with E-state index < -0.39 is 11.7 Å². The Morgan fingerprint density at radius 2 is 0.818 bits per heavy atom. The maximum Gasteiger partial charge on any atom is 0.407 e. The molecule has 1 N–H and O–H groups in total. The van der Waals surface area contributed by atoms with Crippen LogP contribution in [0.15, 0.2) is 140 Å². The Morgan fingerprint density at radius 3 is 1.25 bits per heavy atom. The van der Waals surface area contributed by atoms with Crippen molar-refractivity contribution in [2.75, 3.05) is 85.8 Å². The summed E-state index contributed by atoms with van der Waals surface area (Å²) in [6, 6.07) is 47.5. The molecule has 6 rings (SSSR count). The number of ether oxygens (including phenoxy) is 7. The number of amides is 1. The molecule has 0 atom stereocenters. The van der Waals surface area contributed by atoms with Gasteiger partial charge in [0.1, 0.15) is 12.2 Å². The normalized spacial score (nSPS) is 12.3. The van der Waals surface area contributed by atoms with Crippen molar-refractivity contribution in [3.8, 4) is 11.1 Å². The van der Waals surface area contributed by atoms with E-state index in [2.05, 4.69) is 66.0 Å². The Bertz CT molecular complexity index is 1700. The standard InChI is InChI=1S/C46H51NO8/c48-45(54-36-44-42-22-12-10-20-40(42)41-21-11-13-23-43(41)44)47-24-25-49-26-27-50-28-29-51-30-31-52-32-33-53-34-35-55-46(37-14-4-1-5-15-37,38-16-6-2-7-17-38)39-18-8-3-9-19-39/h1-23,44H,24-36H2,(H,47,48). The highest BCUT2D eigenvalue weighted by atomic mass is 16.6. The highest BCUT2D eigenvalue weighted by Crippen LogP contribution is 2.44. The van der Waals surface area contributed by atoms with E-state index in [0.29, 0.717) is 79.2 Å². The Labute approximate surface area is 324 Å². The van der Waals surface area contributed by atoms with Crippen LogP contribution in [0.4, 0.5) is 4.79 Å². The molecule has 1 aliphatic rings. The lowest BCUT2D eigenvalue weighted by Crippen LogP contribution is -2.34. The van der Waals surface area contributed by atoms with Crippen LogP contribution in [0, 0.1) is 0 Å². The van der Waals surface area contributed by atoms with E-state index in [1.54, 1.807) is 0 Å². The van der Waals surface area contributed by atoms with Crippen molar-refractivity contribution >= 4 is 6.09 Å². The zero-order valence-corrected chi connectivity index (χ0v) is 31.3. The first kappa shape index (κ1) is 39.8. The summed E-state index contributed by atoms with van der Waals surface area (Å²) in [4.78, 5) is 12.3. The molecule has 0 bridgehead atoms. The molecule has 5 aromatic rings. The lowest BCUT2D eigenvalue weighted by Gasteiger charge is -2.36. The van der Waals surface area contributed by atoms with Crippen molar-refractivity contribution in [1.29, 1.82) is 0 Å². The van der Waals surface area contributed by atoms with Crippen LogP contribution in [0.1, 0.15) is 33.7 Å². The van der Waals surface area contributed by atoms with E-state index in [9.17, 15) is 4.79 Å². The number of fused-ring (bicyclic) bond motifs is 3. The zero-order valence-electron chi connectivity index (χ0n) is 31.3. The summed E-state index contributed by atoms with van der Waals surface area (Å²) in [6.45, 7) is 5.51. The van der Waals surface area contributed by atoms with Gasteiger partial charge in [0.2, 0.25) is 0 Å². The molecular formula is C46H51NO8. The van der Waals surface area contributed by atoms with Crippen LogP contribution in [0.3, 0.4) is 0 Å². The molecule has 0 fully saturated rings. The highest BCUT2D eigenvalue weighted by molar-refractivity contribution is 5.79. The molecule has 0 unspecified atom stereocenters. The molecule has 288 valence electrons. The molecule has 9 nitrogen and oxygen atoms in total.